The first-order valence-corrected chi connectivity index (χ1v) is 12.0. The molecule has 0 aliphatic carbocycles. The van der Waals surface area contributed by atoms with Crippen LogP contribution in [0.15, 0.2) is 73.1 Å². The highest BCUT2D eigenvalue weighted by atomic mass is 35.5. The standard InChI is InChI=1S/C27H27ClN4O/c28-20-8-9-21-22(17-32(25(21)16-20)19-30-12-4-1-5-13-30)26(33)31-14-10-27(11-15-31)18-29-24-7-3-2-6-23(24)27/h1-9,12,16-17,29H,10-11,13-15,18-19H2. The molecule has 0 atom stereocenters. The zero-order valence-electron chi connectivity index (χ0n) is 18.5. The molecule has 1 saturated heterocycles. The zero-order chi connectivity index (χ0) is 22.4. The highest BCUT2D eigenvalue weighted by Gasteiger charge is 2.42. The van der Waals surface area contributed by atoms with Crippen molar-refractivity contribution in [3.05, 3.63) is 89.2 Å². The van der Waals surface area contributed by atoms with E-state index in [1.807, 2.05) is 35.4 Å². The molecule has 1 aromatic heterocycles. The van der Waals surface area contributed by atoms with Crippen molar-refractivity contribution in [2.75, 3.05) is 31.5 Å². The Morgan fingerprint density at radius 1 is 1.09 bits per heavy atom. The third-order valence-corrected chi connectivity index (χ3v) is 7.65. The number of anilines is 1. The summed E-state index contributed by atoms with van der Waals surface area (Å²) in [6.45, 7) is 4.04. The molecule has 1 N–H and O–H groups in total. The van der Waals surface area contributed by atoms with Crippen molar-refractivity contribution in [3.8, 4) is 0 Å². The summed E-state index contributed by atoms with van der Waals surface area (Å²) in [7, 11) is 0. The normalized spacial score (nSPS) is 18.7. The Bertz CT molecular complexity index is 1280. The minimum absolute atomic E-state index is 0.115. The van der Waals surface area contributed by atoms with E-state index in [1.165, 1.54) is 11.3 Å². The van der Waals surface area contributed by atoms with Gasteiger partial charge in [-0.2, -0.15) is 0 Å². The summed E-state index contributed by atoms with van der Waals surface area (Å²) >= 11 is 6.33. The van der Waals surface area contributed by atoms with E-state index in [4.69, 9.17) is 11.6 Å². The van der Waals surface area contributed by atoms with Crippen LogP contribution < -0.4 is 5.32 Å². The monoisotopic (exact) mass is 458 g/mol. The summed E-state index contributed by atoms with van der Waals surface area (Å²) in [6, 6.07) is 14.4. The number of halogens is 1. The Morgan fingerprint density at radius 3 is 2.76 bits per heavy atom. The maximum atomic E-state index is 13.7. The van der Waals surface area contributed by atoms with Crippen LogP contribution in [0.4, 0.5) is 5.69 Å². The molecular weight excluding hydrogens is 432 g/mol. The van der Waals surface area contributed by atoms with Gasteiger partial charge in [-0.05, 0) is 42.7 Å². The van der Waals surface area contributed by atoms with Gasteiger partial charge in [0.15, 0.2) is 0 Å². The molecule has 1 fully saturated rings. The number of amides is 1. The molecule has 0 saturated carbocycles. The number of hydrogen-bond donors (Lipinski definition) is 1. The largest absolute Gasteiger partial charge is 0.384 e. The highest BCUT2D eigenvalue weighted by molar-refractivity contribution is 6.31. The molecule has 5 nitrogen and oxygen atoms in total. The number of carbonyl (C=O) groups excluding carboxylic acids is 1. The fourth-order valence-corrected chi connectivity index (χ4v) is 5.74. The van der Waals surface area contributed by atoms with Crippen molar-refractivity contribution in [1.82, 2.24) is 14.4 Å². The molecule has 4 heterocycles. The lowest BCUT2D eigenvalue weighted by Gasteiger charge is -2.39. The number of hydrogen-bond acceptors (Lipinski definition) is 3. The van der Waals surface area contributed by atoms with Crippen LogP contribution in [-0.4, -0.2) is 46.5 Å². The van der Waals surface area contributed by atoms with Crippen LogP contribution >= 0.6 is 11.6 Å². The Labute approximate surface area is 198 Å². The number of nitrogens with one attached hydrogen (secondary N) is 1. The second kappa shape index (κ2) is 7.99. The molecule has 6 heteroatoms. The molecule has 6 rings (SSSR count). The molecule has 0 radical (unpaired) electrons. The number of aromatic nitrogens is 1. The van der Waals surface area contributed by atoms with Gasteiger partial charge < -0.3 is 19.7 Å². The van der Waals surface area contributed by atoms with Crippen molar-refractivity contribution in [3.63, 3.8) is 0 Å². The Kier molecular flexibility index (Phi) is 4.95. The maximum absolute atomic E-state index is 13.7. The van der Waals surface area contributed by atoms with Crippen LogP contribution in [0.25, 0.3) is 10.9 Å². The van der Waals surface area contributed by atoms with Crippen LogP contribution in [-0.2, 0) is 12.1 Å². The van der Waals surface area contributed by atoms with E-state index in [-0.39, 0.29) is 11.3 Å². The van der Waals surface area contributed by atoms with E-state index in [0.717, 1.165) is 55.5 Å². The lowest BCUT2D eigenvalue weighted by Crippen LogP contribution is -2.46. The van der Waals surface area contributed by atoms with Gasteiger partial charge in [0.1, 0.15) is 0 Å². The molecule has 1 amide bonds. The molecule has 33 heavy (non-hydrogen) atoms. The van der Waals surface area contributed by atoms with E-state index in [2.05, 4.69) is 57.4 Å². The summed E-state index contributed by atoms with van der Waals surface area (Å²) in [6.07, 6.45) is 12.3. The Hall–Kier alpha value is -3.18. The van der Waals surface area contributed by atoms with Gasteiger partial charge in [-0.3, -0.25) is 4.79 Å². The van der Waals surface area contributed by atoms with Gasteiger partial charge >= 0.3 is 0 Å². The van der Waals surface area contributed by atoms with Gasteiger partial charge in [-0.25, -0.2) is 0 Å². The number of para-hydroxylation sites is 1. The predicted octanol–water partition coefficient (Wildman–Crippen LogP) is 5.24. The van der Waals surface area contributed by atoms with Crippen LogP contribution in [0, 0.1) is 0 Å². The molecule has 0 bridgehead atoms. The summed E-state index contributed by atoms with van der Waals surface area (Å²) < 4.78 is 2.14. The summed E-state index contributed by atoms with van der Waals surface area (Å²) in [5.41, 5.74) is 4.56. The zero-order valence-corrected chi connectivity index (χ0v) is 19.3. The minimum Gasteiger partial charge on any atom is -0.384 e. The lowest BCUT2D eigenvalue weighted by atomic mass is 9.74. The summed E-state index contributed by atoms with van der Waals surface area (Å²) in [5.74, 6) is 0.115. The van der Waals surface area contributed by atoms with Crippen molar-refractivity contribution in [2.24, 2.45) is 0 Å². The molecule has 0 unspecified atom stereocenters. The fraction of sp³-hybridized carbons (Fsp3) is 0.296. The van der Waals surface area contributed by atoms with Gasteiger partial charge in [0.05, 0.1) is 17.7 Å². The first-order valence-electron chi connectivity index (χ1n) is 11.6. The average molecular weight is 459 g/mol. The van der Waals surface area contributed by atoms with Crippen LogP contribution in [0.2, 0.25) is 5.02 Å². The lowest BCUT2D eigenvalue weighted by molar-refractivity contribution is 0.0678. The first kappa shape index (κ1) is 20.4. The number of piperidine rings is 1. The molecule has 168 valence electrons. The molecule has 1 spiro atoms. The van der Waals surface area contributed by atoms with E-state index in [0.29, 0.717) is 11.7 Å². The van der Waals surface area contributed by atoms with Crippen molar-refractivity contribution in [2.45, 2.75) is 24.9 Å². The second-order valence-electron chi connectivity index (χ2n) is 9.33. The molecule has 2 aromatic carbocycles. The van der Waals surface area contributed by atoms with Gasteiger partial charge in [-0.1, -0.05) is 48.0 Å². The third kappa shape index (κ3) is 3.51. The smallest absolute Gasteiger partial charge is 0.256 e. The number of rotatable bonds is 3. The van der Waals surface area contributed by atoms with E-state index < -0.39 is 0 Å². The van der Waals surface area contributed by atoms with Crippen LogP contribution in [0.5, 0.6) is 0 Å². The molecule has 3 aliphatic heterocycles. The summed E-state index contributed by atoms with van der Waals surface area (Å²) in [4.78, 5) is 17.9. The van der Waals surface area contributed by atoms with Gasteiger partial charge in [0, 0.05) is 60.1 Å². The van der Waals surface area contributed by atoms with Crippen molar-refractivity contribution < 1.29 is 4.79 Å². The number of fused-ring (bicyclic) bond motifs is 3. The number of nitrogens with zero attached hydrogens (tertiary/aromatic N) is 3. The summed E-state index contributed by atoms with van der Waals surface area (Å²) in [5, 5.41) is 5.22. The van der Waals surface area contributed by atoms with E-state index in [9.17, 15) is 4.79 Å². The van der Waals surface area contributed by atoms with Crippen molar-refractivity contribution >= 4 is 34.1 Å². The predicted molar refractivity (Wildman–Crippen MR) is 134 cm³/mol. The van der Waals surface area contributed by atoms with Crippen LogP contribution in [0.1, 0.15) is 28.8 Å². The maximum Gasteiger partial charge on any atom is 0.256 e. The van der Waals surface area contributed by atoms with E-state index >= 15 is 0 Å². The molecule has 3 aliphatic rings. The molecular formula is C27H27ClN4O. The van der Waals surface area contributed by atoms with Gasteiger partial charge in [0.2, 0.25) is 0 Å². The van der Waals surface area contributed by atoms with Gasteiger partial charge in [-0.15, -0.1) is 0 Å². The molecule has 3 aromatic rings. The number of benzene rings is 2. The number of carbonyl (C=O) groups is 1. The Morgan fingerprint density at radius 2 is 1.94 bits per heavy atom. The van der Waals surface area contributed by atoms with Crippen LogP contribution in [0.3, 0.4) is 0 Å². The minimum atomic E-state index is 0.115. The number of allylic oxidation sites excluding steroid dienone is 2. The quantitative estimate of drug-likeness (QED) is 0.583. The average Bonchev–Trinajstić information content (AvgIpc) is 3.38. The third-order valence-electron chi connectivity index (χ3n) is 7.42. The first-order chi connectivity index (χ1) is 16.1. The topological polar surface area (TPSA) is 40.5 Å². The van der Waals surface area contributed by atoms with Crippen molar-refractivity contribution in [1.29, 1.82) is 0 Å². The second-order valence-corrected chi connectivity index (χ2v) is 9.76. The van der Waals surface area contributed by atoms with Gasteiger partial charge in [0.25, 0.3) is 5.91 Å². The SMILES string of the molecule is O=C(c1cn(CN2C=CC=CC2)c2cc(Cl)ccc12)N1CCC2(CC1)CNc1ccccc12. The highest BCUT2D eigenvalue weighted by Crippen LogP contribution is 2.44. The fourth-order valence-electron chi connectivity index (χ4n) is 5.57. The number of likely N-dealkylation sites (tertiary alicyclic amines) is 1. The van der Waals surface area contributed by atoms with E-state index in [1.54, 1.807) is 0 Å². The Balaban J connectivity index is 1.26.